The highest BCUT2D eigenvalue weighted by molar-refractivity contribution is 6.30. The van der Waals surface area contributed by atoms with Gasteiger partial charge in [-0.15, -0.1) is 0 Å². The molecular formula is C19H17ClN2O3. The second-order valence-electron chi connectivity index (χ2n) is 5.65. The minimum Gasteiger partial charge on any atom is -0.452 e. The van der Waals surface area contributed by atoms with Crippen molar-refractivity contribution in [3.63, 3.8) is 0 Å². The Morgan fingerprint density at radius 1 is 1.12 bits per heavy atom. The third-order valence-corrected chi connectivity index (χ3v) is 4.11. The monoisotopic (exact) mass is 356 g/mol. The molecule has 0 bridgehead atoms. The first-order chi connectivity index (χ1) is 12.0. The number of para-hydroxylation sites is 1. The summed E-state index contributed by atoms with van der Waals surface area (Å²) in [4.78, 5) is 24.1. The van der Waals surface area contributed by atoms with E-state index in [4.69, 9.17) is 16.3 Å². The summed E-state index contributed by atoms with van der Waals surface area (Å²) in [6.07, 6.45) is 1.71. The zero-order valence-corrected chi connectivity index (χ0v) is 14.4. The number of hydrogen-bond donors (Lipinski definition) is 1. The molecule has 2 aromatic carbocycles. The first-order valence-corrected chi connectivity index (χ1v) is 8.15. The normalized spacial score (nSPS) is 10.6. The van der Waals surface area contributed by atoms with Crippen molar-refractivity contribution in [3.05, 3.63) is 70.9 Å². The lowest BCUT2D eigenvalue weighted by Gasteiger charge is -2.06. The number of benzene rings is 2. The lowest BCUT2D eigenvalue weighted by atomic mass is 10.2. The number of aromatic nitrogens is 1. The molecule has 3 aromatic rings. The molecule has 25 heavy (non-hydrogen) atoms. The van der Waals surface area contributed by atoms with Gasteiger partial charge in [0, 0.05) is 35.7 Å². The van der Waals surface area contributed by atoms with Crippen molar-refractivity contribution in [2.75, 3.05) is 6.61 Å². The number of rotatable bonds is 5. The van der Waals surface area contributed by atoms with Gasteiger partial charge in [0.05, 0.1) is 5.56 Å². The summed E-state index contributed by atoms with van der Waals surface area (Å²) in [6, 6.07) is 14.7. The summed E-state index contributed by atoms with van der Waals surface area (Å²) < 4.78 is 6.99. The molecule has 1 aromatic heterocycles. The summed E-state index contributed by atoms with van der Waals surface area (Å²) in [5.74, 6) is -0.873. The minimum atomic E-state index is -0.515. The predicted octanol–water partition coefficient (Wildman–Crippen LogP) is 3.30. The van der Waals surface area contributed by atoms with Crippen LogP contribution < -0.4 is 5.32 Å². The molecule has 0 saturated heterocycles. The molecule has 0 unspecified atom stereocenters. The number of halogens is 1. The zero-order valence-electron chi connectivity index (χ0n) is 13.7. The molecule has 6 heteroatoms. The molecule has 3 rings (SSSR count). The number of amides is 1. The molecule has 5 nitrogen and oxygen atoms in total. The van der Waals surface area contributed by atoms with Gasteiger partial charge < -0.3 is 14.6 Å². The molecule has 1 heterocycles. The quantitative estimate of drug-likeness (QED) is 0.713. The van der Waals surface area contributed by atoms with E-state index < -0.39 is 5.97 Å². The fourth-order valence-corrected chi connectivity index (χ4v) is 2.69. The van der Waals surface area contributed by atoms with Crippen LogP contribution in [0.25, 0.3) is 10.9 Å². The largest absolute Gasteiger partial charge is 0.452 e. The van der Waals surface area contributed by atoms with Crippen molar-refractivity contribution in [2.24, 2.45) is 7.05 Å². The third kappa shape index (κ3) is 4.00. The van der Waals surface area contributed by atoms with E-state index in [1.807, 2.05) is 48.0 Å². The van der Waals surface area contributed by atoms with Gasteiger partial charge in [-0.25, -0.2) is 4.79 Å². The highest BCUT2D eigenvalue weighted by atomic mass is 35.5. The maximum absolute atomic E-state index is 12.3. The molecule has 0 saturated carbocycles. The van der Waals surface area contributed by atoms with Crippen molar-refractivity contribution in [2.45, 2.75) is 6.54 Å². The number of nitrogens with one attached hydrogen (secondary N) is 1. The molecule has 1 N–H and O–H groups in total. The average molecular weight is 357 g/mol. The van der Waals surface area contributed by atoms with Crippen molar-refractivity contribution in [1.82, 2.24) is 9.88 Å². The van der Waals surface area contributed by atoms with Crippen molar-refractivity contribution in [3.8, 4) is 0 Å². The van der Waals surface area contributed by atoms with E-state index in [9.17, 15) is 9.59 Å². The van der Waals surface area contributed by atoms with E-state index in [-0.39, 0.29) is 12.5 Å². The SMILES string of the molecule is Cn1cc(C(=O)OCC(=O)NCc2ccc(Cl)cc2)c2ccccc21. The van der Waals surface area contributed by atoms with E-state index >= 15 is 0 Å². The third-order valence-electron chi connectivity index (χ3n) is 3.85. The lowest BCUT2D eigenvalue weighted by Crippen LogP contribution is -2.28. The van der Waals surface area contributed by atoms with Crippen LogP contribution in [0.1, 0.15) is 15.9 Å². The number of aryl methyl sites for hydroxylation is 1. The van der Waals surface area contributed by atoms with E-state index in [0.717, 1.165) is 16.5 Å². The summed E-state index contributed by atoms with van der Waals surface area (Å²) >= 11 is 5.81. The zero-order chi connectivity index (χ0) is 17.8. The molecule has 0 spiro atoms. The Hall–Kier alpha value is -2.79. The summed E-state index contributed by atoms with van der Waals surface area (Å²) in [7, 11) is 1.86. The van der Waals surface area contributed by atoms with Gasteiger partial charge in [0.1, 0.15) is 0 Å². The second kappa shape index (κ2) is 7.40. The van der Waals surface area contributed by atoms with Gasteiger partial charge >= 0.3 is 5.97 Å². The Morgan fingerprint density at radius 2 is 1.84 bits per heavy atom. The maximum atomic E-state index is 12.3. The predicted molar refractivity (Wildman–Crippen MR) is 96.5 cm³/mol. The topological polar surface area (TPSA) is 60.3 Å². The summed E-state index contributed by atoms with van der Waals surface area (Å²) in [6.45, 7) is 0.0253. The number of carbonyl (C=O) groups is 2. The highest BCUT2D eigenvalue weighted by Gasteiger charge is 2.16. The average Bonchev–Trinajstić information content (AvgIpc) is 2.96. The van der Waals surface area contributed by atoms with Gasteiger partial charge in [-0.3, -0.25) is 4.79 Å². The Kier molecular flexibility index (Phi) is 5.05. The van der Waals surface area contributed by atoms with Crippen LogP contribution in [0.15, 0.2) is 54.7 Å². The molecular weight excluding hydrogens is 340 g/mol. The summed E-state index contributed by atoms with van der Waals surface area (Å²) in [5.41, 5.74) is 2.29. The van der Waals surface area contributed by atoms with Crippen LogP contribution in [0.5, 0.6) is 0 Å². The minimum absolute atomic E-state index is 0.324. The number of fused-ring (bicyclic) bond motifs is 1. The molecule has 0 radical (unpaired) electrons. The van der Waals surface area contributed by atoms with E-state index in [2.05, 4.69) is 5.32 Å². The van der Waals surface area contributed by atoms with Gasteiger partial charge in [0.2, 0.25) is 0 Å². The Labute approximate surface area is 150 Å². The van der Waals surface area contributed by atoms with Gasteiger partial charge in [0.25, 0.3) is 5.91 Å². The molecule has 0 aliphatic carbocycles. The maximum Gasteiger partial charge on any atom is 0.340 e. The first kappa shape index (κ1) is 17.0. The molecule has 0 fully saturated rings. The van der Waals surface area contributed by atoms with Crippen LogP contribution in [0.3, 0.4) is 0 Å². The number of ether oxygens (including phenoxy) is 1. The Morgan fingerprint density at radius 3 is 2.60 bits per heavy atom. The van der Waals surface area contributed by atoms with Crippen LogP contribution in [0.2, 0.25) is 5.02 Å². The molecule has 0 atom stereocenters. The van der Waals surface area contributed by atoms with E-state index in [0.29, 0.717) is 17.1 Å². The van der Waals surface area contributed by atoms with Gasteiger partial charge in [-0.05, 0) is 23.8 Å². The van der Waals surface area contributed by atoms with Gasteiger partial charge in [0.15, 0.2) is 6.61 Å². The lowest BCUT2D eigenvalue weighted by molar-refractivity contribution is -0.124. The van der Waals surface area contributed by atoms with E-state index in [1.165, 1.54) is 0 Å². The van der Waals surface area contributed by atoms with Crippen LogP contribution in [-0.4, -0.2) is 23.1 Å². The Bertz CT molecular complexity index is 916. The molecule has 1 amide bonds. The van der Waals surface area contributed by atoms with Crippen molar-refractivity contribution < 1.29 is 14.3 Å². The fourth-order valence-electron chi connectivity index (χ4n) is 2.57. The fraction of sp³-hybridized carbons (Fsp3) is 0.158. The van der Waals surface area contributed by atoms with Crippen LogP contribution in [-0.2, 0) is 23.1 Å². The van der Waals surface area contributed by atoms with E-state index in [1.54, 1.807) is 18.3 Å². The molecule has 0 aliphatic heterocycles. The number of hydrogen-bond acceptors (Lipinski definition) is 3. The number of carbonyl (C=O) groups excluding carboxylic acids is 2. The van der Waals surface area contributed by atoms with Crippen molar-refractivity contribution in [1.29, 1.82) is 0 Å². The number of nitrogens with zero attached hydrogens (tertiary/aromatic N) is 1. The number of esters is 1. The second-order valence-corrected chi connectivity index (χ2v) is 6.09. The first-order valence-electron chi connectivity index (χ1n) is 7.77. The van der Waals surface area contributed by atoms with Crippen molar-refractivity contribution >= 4 is 34.4 Å². The van der Waals surface area contributed by atoms with Crippen LogP contribution in [0.4, 0.5) is 0 Å². The summed E-state index contributed by atoms with van der Waals surface area (Å²) in [5, 5.41) is 4.14. The van der Waals surface area contributed by atoms with Gasteiger partial charge in [-0.1, -0.05) is 41.9 Å². The molecule has 128 valence electrons. The standard InChI is InChI=1S/C19H17ClN2O3/c1-22-11-16(15-4-2-3-5-17(15)22)19(24)25-12-18(23)21-10-13-6-8-14(20)9-7-13/h2-9,11H,10,12H2,1H3,(H,21,23). The highest BCUT2D eigenvalue weighted by Crippen LogP contribution is 2.20. The van der Waals surface area contributed by atoms with Crippen LogP contribution in [0, 0.1) is 0 Å². The Balaban J connectivity index is 1.56. The smallest absolute Gasteiger partial charge is 0.340 e. The van der Waals surface area contributed by atoms with Gasteiger partial charge in [-0.2, -0.15) is 0 Å². The molecule has 0 aliphatic rings. The van der Waals surface area contributed by atoms with Crippen LogP contribution >= 0.6 is 11.6 Å².